The van der Waals surface area contributed by atoms with Crippen LogP contribution in [0, 0.1) is 0 Å². The Morgan fingerprint density at radius 1 is 1.47 bits per heavy atom. The smallest absolute Gasteiger partial charge is 0.146 e. The van der Waals surface area contributed by atoms with E-state index in [0.717, 1.165) is 25.5 Å². The third-order valence-corrected chi connectivity index (χ3v) is 3.62. The number of hydrogen-bond donors (Lipinski definition) is 1. The van der Waals surface area contributed by atoms with Crippen LogP contribution in [-0.4, -0.2) is 45.8 Å². The van der Waals surface area contributed by atoms with Gasteiger partial charge in [0.05, 0.1) is 6.54 Å². The summed E-state index contributed by atoms with van der Waals surface area (Å²) in [5.41, 5.74) is 0. The van der Waals surface area contributed by atoms with E-state index in [2.05, 4.69) is 39.0 Å². The molecule has 0 aliphatic carbocycles. The molecule has 0 aromatic carbocycles. The van der Waals surface area contributed by atoms with Crippen LogP contribution in [0.5, 0.6) is 0 Å². The van der Waals surface area contributed by atoms with Crippen LogP contribution in [0.3, 0.4) is 0 Å². The summed E-state index contributed by atoms with van der Waals surface area (Å²) in [6, 6.07) is 0.682. The van der Waals surface area contributed by atoms with Crippen LogP contribution in [0.1, 0.15) is 32.0 Å². The number of hydrogen-bond acceptors (Lipinski definition) is 4. The fraction of sp³-hybridized carbons (Fsp3) is 0.833. The maximum absolute atomic E-state index is 4.13. The summed E-state index contributed by atoms with van der Waals surface area (Å²) in [6.07, 6.45) is 5.81. The molecular formula is C12H23N5. The molecule has 1 N–H and O–H groups in total. The maximum atomic E-state index is 4.13. The molecule has 0 bridgehead atoms. The molecule has 1 fully saturated rings. The molecule has 1 aromatic rings. The molecule has 96 valence electrons. The van der Waals surface area contributed by atoms with Gasteiger partial charge in [-0.3, -0.25) is 0 Å². The Labute approximate surface area is 103 Å². The standard InChI is InChI=1S/C12H23N5/c1-3-17-10-14-15-12(17)9-13-8-11-6-4-5-7-16(11)2/h10-11,13H,3-9H2,1-2H3. The summed E-state index contributed by atoms with van der Waals surface area (Å²) >= 11 is 0. The average Bonchev–Trinajstić information content (AvgIpc) is 2.79. The van der Waals surface area contributed by atoms with Crippen LogP contribution in [0.15, 0.2) is 6.33 Å². The molecule has 1 unspecified atom stereocenters. The summed E-state index contributed by atoms with van der Waals surface area (Å²) in [5, 5.41) is 11.6. The summed E-state index contributed by atoms with van der Waals surface area (Å²) in [5.74, 6) is 1.03. The van der Waals surface area contributed by atoms with Crippen LogP contribution >= 0.6 is 0 Å². The SMILES string of the molecule is CCn1cnnc1CNCC1CCCCN1C. The third-order valence-electron chi connectivity index (χ3n) is 3.62. The molecule has 1 saturated heterocycles. The summed E-state index contributed by atoms with van der Waals surface area (Å²) in [7, 11) is 2.22. The molecule has 2 rings (SSSR count). The number of likely N-dealkylation sites (N-methyl/N-ethyl adjacent to an activating group) is 1. The second kappa shape index (κ2) is 6.12. The number of piperidine rings is 1. The fourth-order valence-corrected chi connectivity index (χ4v) is 2.43. The molecule has 0 radical (unpaired) electrons. The highest BCUT2D eigenvalue weighted by molar-refractivity contribution is 4.85. The van der Waals surface area contributed by atoms with Crippen molar-refractivity contribution in [2.45, 2.75) is 45.3 Å². The highest BCUT2D eigenvalue weighted by Crippen LogP contribution is 2.13. The number of rotatable bonds is 5. The van der Waals surface area contributed by atoms with E-state index in [-0.39, 0.29) is 0 Å². The Kier molecular flexibility index (Phi) is 4.50. The van der Waals surface area contributed by atoms with Crippen LogP contribution in [0.25, 0.3) is 0 Å². The van der Waals surface area contributed by atoms with E-state index in [1.165, 1.54) is 25.8 Å². The van der Waals surface area contributed by atoms with Gasteiger partial charge < -0.3 is 14.8 Å². The van der Waals surface area contributed by atoms with E-state index in [9.17, 15) is 0 Å². The van der Waals surface area contributed by atoms with Crippen LogP contribution in [0.4, 0.5) is 0 Å². The van der Waals surface area contributed by atoms with E-state index in [1.54, 1.807) is 6.33 Å². The monoisotopic (exact) mass is 237 g/mol. The van der Waals surface area contributed by atoms with Crippen molar-refractivity contribution in [1.82, 2.24) is 25.0 Å². The van der Waals surface area contributed by atoms with Gasteiger partial charge in [0.2, 0.25) is 0 Å². The second-order valence-electron chi connectivity index (χ2n) is 4.79. The van der Waals surface area contributed by atoms with Gasteiger partial charge in [-0.1, -0.05) is 6.42 Å². The summed E-state index contributed by atoms with van der Waals surface area (Å²) < 4.78 is 2.08. The first-order valence-electron chi connectivity index (χ1n) is 6.59. The minimum absolute atomic E-state index is 0.682. The van der Waals surface area contributed by atoms with Gasteiger partial charge in [-0.25, -0.2) is 0 Å². The highest BCUT2D eigenvalue weighted by atomic mass is 15.3. The fourth-order valence-electron chi connectivity index (χ4n) is 2.43. The summed E-state index contributed by atoms with van der Waals surface area (Å²) in [6.45, 7) is 6.15. The molecular weight excluding hydrogens is 214 g/mol. The molecule has 0 saturated carbocycles. The number of nitrogens with one attached hydrogen (secondary N) is 1. The van der Waals surface area contributed by atoms with Crippen LogP contribution in [0.2, 0.25) is 0 Å². The zero-order valence-corrected chi connectivity index (χ0v) is 10.9. The van der Waals surface area contributed by atoms with Gasteiger partial charge in [-0.2, -0.15) is 0 Å². The van der Waals surface area contributed by atoms with Gasteiger partial charge in [0.15, 0.2) is 0 Å². The predicted octanol–water partition coefficient (Wildman–Crippen LogP) is 0.872. The Morgan fingerprint density at radius 2 is 2.35 bits per heavy atom. The number of nitrogens with zero attached hydrogens (tertiary/aromatic N) is 4. The predicted molar refractivity (Wildman–Crippen MR) is 67.7 cm³/mol. The van der Waals surface area contributed by atoms with Gasteiger partial charge in [0, 0.05) is 19.1 Å². The van der Waals surface area contributed by atoms with Crippen molar-refractivity contribution in [3.63, 3.8) is 0 Å². The van der Waals surface area contributed by atoms with Crippen molar-refractivity contribution >= 4 is 0 Å². The number of likely N-dealkylation sites (tertiary alicyclic amines) is 1. The van der Waals surface area contributed by atoms with Crippen molar-refractivity contribution in [1.29, 1.82) is 0 Å². The van der Waals surface area contributed by atoms with E-state index in [0.29, 0.717) is 6.04 Å². The molecule has 1 aliphatic heterocycles. The Balaban J connectivity index is 1.75. The Hall–Kier alpha value is -0.940. The highest BCUT2D eigenvalue weighted by Gasteiger charge is 2.18. The number of aromatic nitrogens is 3. The van der Waals surface area contributed by atoms with Gasteiger partial charge in [0.25, 0.3) is 0 Å². The lowest BCUT2D eigenvalue weighted by Gasteiger charge is -2.32. The topological polar surface area (TPSA) is 46.0 Å². The van der Waals surface area contributed by atoms with E-state index in [4.69, 9.17) is 0 Å². The molecule has 17 heavy (non-hydrogen) atoms. The molecule has 1 atom stereocenters. The van der Waals surface area contributed by atoms with Crippen molar-refractivity contribution in [2.75, 3.05) is 20.1 Å². The van der Waals surface area contributed by atoms with Crippen molar-refractivity contribution in [3.8, 4) is 0 Å². The average molecular weight is 237 g/mol. The van der Waals surface area contributed by atoms with Crippen molar-refractivity contribution in [3.05, 3.63) is 12.2 Å². The quantitative estimate of drug-likeness (QED) is 0.825. The van der Waals surface area contributed by atoms with Gasteiger partial charge >= 0.3 is 0 Å². The zero-order chi connectivity index (χ0) is 12.1. The molecule has 2 heterocycles. The molecule has 5 heteroatoms. The minimum atomic E-state index is 0.682. The normalized spacial score (nSPS) is 21.9. The van der Waals surface area contributed by atoms with E-state index < -0.39 is 0 Å². The first kappa shape index (κ1) is 12.5. The van der Waals surface area contributed by atoms with E-state index in [1.807, 2.05) is 0 Å². The third kappa shape index (κ3) is 3.26. The lowest BCUT2D eigenvalue weighted by atomic mass is 10.0. The molecule has 0 spiro atoms. The lowest BCUT2D eigenvalue weighted by Crippen LogP contribution is -2.43. The Morgan fingerprint density at radius 3 is 3.12 bits per heavy atom. The lowest BCUT2D eigenvalue weighted by molar-refractivity contribution is 0.181. The van der Waals surface area contributed by atoms with E-state index >= 15 is 0 Å². The molecule has 1 aliphatic rings. The van der Waals surface area contributed by atoms with Gasteiger partial charge in [0.1, 0.15) is 12.2 Å². The first-order valence-corrected chi connectivity index (χ1v) is 6.59. The minimum Gasteiger partial charge on any atom is -0.317 e. The first-order chi connectivity index (χ1) is 8.31. The van der Waals surface area contributed by atoms with Gasteiger partial charge in [-0.15, -0.1) is 10.2 Å². The molecule has 0 amide bonds. The molecule has 1 aromatic heterocycles. The zero-order valence-electron chi connectivity index (χ0n) is 10.9. The summed E-state index contributed by atoms with van der Waals surface area (Å²) in [4.78, 5) is 2.46. The largest absolute Gasteiger partial charge is 0.317 e. The van der Waals surface area contributed by atoms with Gasteiger partial charge in [-0.05, 0) is 33.4 Å². The van der Waals surface area contributed by atoms with Crippen molar-refractivity contribution < 1.29 is 0 Å². The van der Waals surface area contributed by atoms with Crippen LogP contribution < -0.4 is 5.32 Å². The second-order valence-corrected chi connectivity index (χ2v) is 4.79. The molecule has 5 nitrogen and oxygen atoms in total. The maximum Gasteiger partial charge on any atom is 0.146 e. The number of aryl methyl sites for hydroxylation is 1. The Bertz CT molecular complexity index is 335. The van der Waals surface area contributed by atoms with Crippen molar-refractivity contribution in [2.24, 2.45) is 0 Å². The van der Waals surface area contributed by atoms with Crippen LogP contribution in [-0.2, 0) is 13.1 Å².